The zero-order chi connectivity index (χ0) is 18.6. The zero-order valence-corrected chi connectivity index (χ0v) is 22.5. The smallest absolute Gasteiger partial charge is 0.0391 e. The Balaban J connectivity index is 6.53. The second-order valence-electron chi connectivity index (χ2n) is 12.0. The third-order valence-corrected chi connectivity index (χ3v) is 74.2. The lowest BCUT2D eigenvalue weighted by atomic mass is 10.2. The third kappa shape index (κ3) is 3.92. The average molecular weight is 374 g/mol. The highest BCUT2D eigenvalue weighted by Crippen LogP contribution is 2.52. The SMILES string of the molecule is CC(C)(C)[Si](C)(C)[Si]([Si](C)(C)C(C)(C)C)[Si](C)(C)C(C)(C)C. The van der Waals surface area contributed by atoms with E-state index in [0.717, 1.165) is 0 Å². The summed E-state index contributed by atoms with van der Waals surface area (Å²) in [4.78, 5) is 0. The monoisotopic (exact) mass is 373 g/mol. The van der Waals surface area contributed by atoms with E-state index in [1.54, 1.807) is 0 Å². The summed E-state index contributed by atoms with van der Waals surface area (Å²) in [5, 5.41) is 1.56. The lowest BCUT2D eigenvalue weighted by molar-refractivity contribution is 0.721. The van der Waals surface area contributed by atoms with E-state index in [1.165, 1.54) is 0 Å². The first-order valence-electron chi connectivity index (χ1n) is 9.00. The molecule has 0 aromatic carbocycles. The molecule has 0 rings (SSSR count). The molecule has 0 saturated carbocycles. The summed E-state index contributed by atoms with van der Waals surface area (Å²) in [6.07, 6.45) is 0. The van der Waals surface area contributed by atoms with Gasteiger partial charge in [0.25, 0.3) is 0 Å². The van der Waals surface area contributed by atoms with Gasteiger partial charge in [-0.15, -0.1) is 0 Å². The van der Waals surface area contributed by atoms with E-state index < -0.39 is 22.8 Å². The molecule has 0 aromatic heterocycles. The Morgan fingerprint density at radius 3 is 0.636 bits per heavy atom. The molecule has 0 fully saturated rings. The van der Waals surface area contributed by atoms with E-state index in [1.807, 2.05) is 0 Å². The normalized spacial score (nSPS) is 16.4. The van der Waals surface area contributed by atoms with Crippen molar-refractivity contribution in [2.24, 2.45) is 0 Å². The first-order chi connectivity index (χ1) is 9.12. The first kappa shape index (κ1) is 22.9. The van der Waals surface area contributed by atoms with Gasteiger partial charge in [0.05, 0.1) is 0 Å². The summed E-state index contributed by atoms with van der Waals surface area (Å²) >= 11 is 0. The topological polar surface area (TPSA) is 0 Å². The van der Waals surface area contributed by atoms with Crippen LogP contribution in [0.15, 0.2) is 0 Å². The summed E-state index contributed by atoms with van der Waals surface area (Å²) in [5.74, 6) is 0. The quantitative estimate of drug-likeness (QED) is 0.457. The molecule has 0 spiro atoms. The molecule has 0 aromatic rings. The molecule has 0 atom stereocenters. The van der Waals surface area contributed by atoms with Crippen molar-refractivity contribution in [3.8, 4) is 0 Å². The molecular weight excluding hydrogens is 329 g/mol. The van der Waals surface area contributed by atoms with Gasteiger partial charge in [-0.2, -0.15) is 0 Å². The Kier molecular flexibility index (Phi) is 6.23. The Bertz CT molecular complexity index is 325. The van der Waals surface area contributed by atoms with Crippen molar-refractivity contribution < 1.29 is 0 Å². The molecule has 0 aliphatic rings. The highest BCUT2D eigenvalue weighted by Gasteiger charge is 2.62. The van der Waals surface area contributed by atoms with Gasteiger partial charge in [0.15, 0.2) is 0 Å². The van der Waals surface area contributed by atoms with Crippen molar-refractivity contribution in [3.63, 3.8) is 0 Å². The minimum atomic E-state index is -1.30. The summed E-state index contributed by atoms with van der Waals surface area (Å²) in [5.41, 5.74) is 0. The second kappa shape index (κ2) is 5.99. The van der Waals surface area contributed by atoms with E-state index in [0.29, 0.717) is 15.1 Å². The van der Waals surface area contributed by atoms with Crippen molar-refractivity contribution in [2.75, 3.05) is 0 Å². The molecule has 0 aliphatic heterocycles. The Morgan fingerprint density at radius 1 is 0.409 bits per heavy atom. The lowest BCUT2D eigenvalue weighted by Crippen LogP contribution is -2.79. The Hall–Kier alpha value is 0.868. The largest absolute Gasteiger partial charge is 0.0715 e. The predicted molar refractivity (Wildman–Crippen MR) is 117 cm³/mol. The molecule has 0 bridgehead atoms. The summed E-state index contributed by atoms with van der Waals surface area (Å²) in [6, 6.07) is 0. The second-order valence-corrected chi connectivity index (χ2v) is 47.2. The van der Waals surface area contributed by atoms with Crippen LogP contribution in [-0.2, 0) is 0 Å². The van der Waals surface area contributed by atoms with Gasteiger partial charge < -0.3 is 0 Å². The fourth-order valence-corrected chi connectivity index (χ4v) is 93.7. The number of rotatable bonds is 3. The molecule has 4 heteroatoms. The minimum Gasteiger partial charge on any atom is -0.0715 e. The zero-order valence-electron chi connectivity index (χ0n) is 18.5. The fraction of sp³-hybridized carbons (Fsp3) is 1.00. The van der Waals surface area contributed by atoms with Crippen LogP contribution in [0.25, 0.3) is 0 Å². The molecular formula is C18H45Si4. The predicted octanol–water partition coefficient (Wildman–Crippen LogP) is 7.24. The van der Waals surface area contributed by atoms with Crippen LogP contribution in [0.5, 0.6) is 0 Å². The number of hydrogen-bond donors (Lipinski definition) is 0. The molecule has 0 nitrogen and oxygen atoms in total. The van der Waals surface area contributed by atoms with Crippen LogP contribution >= 0.6 is 0 Å². The maximum Gasteiger partial charge on any atom is 0.0391 e. The molecule has 22 heavy (non-hydrogen) atoms. The molecule has 133 valence electrons. The van der Waals surface area contributed by atoms with Crippen LogP contribution in [0.4, 0.5) is 0 Å². The van der Waals surface area contributed by atoms with Gasteiger partial charge in [-0.3, -0.25) is 0 Å². The highest BCUT2D eigenvalue weighted by atomic mass is 29.9. The van der Waals surface area contributed by atoms with Crippen molar-refractivity contribution in [2.45, 2.75) is 117 Å². The lowest BCUT2D eigenvalue weighted by Gasteiger charge is -2.61. The van der Waals surface area contributed by atoms with Crippen LogP contribution in [0, 0.1) is 0 Å². The van der Waals surface area contributed by atoms with Gasteiger partial charge in [0, 0.05) is 30.1 Å². The molecule has 0 N–H and O–H groups in total. The summed E-state index contributed by atoms with van der Waals surface area (Å²) in [6.45, 7) is 39.4. The van der Waals surface area contributed by atoms with E-state index in [4.69, 9.17) is 0 Å². The Labute approximate surface area is 146 Å². The van der Waals surface area contributed by atoms with Crippen LogP contribution < -0.4 is 0 Å². The van der Waals surface area contributed by atoms with Gasteiger partial charge >= 0.3 is 0 Å². The van der Waals surface area contributed by atoms with Gasteiger partial charge in [0.2, 0.25) is 0 Å². The molecule has 0 amide bonds. The summed E-state index contributed by atoms with van der Waals surface area (Å²) in [7, 11) is -4.23. The first-order valence-corrected chi connectivity index (χ1v) is 22.5. The maximum atomic E-state index is 2.75. The van der Waals surface area contributed by atoms with Gasteiger partial charge in [0.1, 0.15) is 0 Å². The van der Waals surface area contributed by atoms with Gasteiger partial charge in [-0.25, -0.2) is 0 Å². The molecule has 1 radical (unpaired) electrons. The summed E-state index contributed by atoms with van der Waals surface area (Å²) < 4.78 is 0. The molecule has 0 heterocycles. The number of hydrogen-bond acceptors (Lipinski definition) is 0. The molecule has 0 aliphatic carbocycles. The van der Waals surface area contributed by atoms with Crippen LogP contribution in [0.3, 0.4) is 0 Å². The van der Waals surface area contributed by atoms with Crippen molar-refractivity contribution in [1.29, 1.82) is 0 Å². The van der Waals surface area contributed by atoms with Gasteiger partial charge in [-0.1, -0.05) is 102 Å². The molecule has 0 unspecified atom stereocenters. The van der Waals surface area contributed by atoms with Crippen LogP contribution in [0.1, 0.15) is 62.3 Å². The van der Waals surface area contributed by atoms with E-state index in [9.17, 15) is 0 Å². The van der Waals surface area contributed by atoms with E-state index in [-0.39, 0.29) is 7.35 Å². The fourth-order valence-electron chi connectivity index (χ4n) is 3.47. The van der Waals surface area contributed by atoms with Crippen molar-refractivity contribution in [1.82, 2.24) is 0 Å². The third-order valence-electron chi connectivity index (χ3n) is 7.50. The van der Waals surface area contributed by atoms with Crippen LogP contribution in [0.2, 0.25) is 54.4 Å². The van der Waals surface area contributed by atoms with Crippen molar-refractivity contribution >= 4 is 30.1 Å². The van der Waals surface area contributed by atoms with E-state index >= 15 is 0 Å². The van der Waals surface area contributed by atoms with Gasteiger partial charge in [-0.05, 0) is 15.1 Å². The van der Waals surface area contributed by atoms with E-state index in [2.05, 4.69) is 102 Å². The van der Waals surface area contributed by atoms with Crippen LogP contribution in [-0.4, -0.2) is 30.1 Å². The maximum absolute atomic E-state index is 2.75. The minimum absolute atomic E-state index is 0.329. The standard InChI is InChI=1S/C18H45Si4/c1-16(2,3)20(10,11)19(21(12,13)17(4,5)6)22(14,15)18(7,8)9/h1-15H3. The molecule has 0 saturated heterocycles. The Morgan fingerprint density at radius 2 is 0.545 bits per heavy atom. The average Bonchev–Trinajstić information content (AvgIpc) is 2.09. The van der Waals surface area contributed by atoms with Crippen molar-refractivity contribution in [3.05, 3.63) is 0 Å². The highest BCUT2D eigenvalue weighted by molar-refractivity contribution is 7.82.